The Bertz CT molecular complexity index is 254. The molecule has 2 heteroatoms. The van der Waals surface area contributed by atoms with E-state index in [9.17, 15) is 0 Å². The zero-order valence-corrected chi connectivity index (χ0v) is 11.9. The van der Waals surface area contributed by atoms with Gasteiger partial charge in [-0.2, -0.15) is 0 Å². The molecular formula is C16H28O2. The van der Waals surface area contributed by atoms with Crippen molar-refractivity contribution in [3.05, 3.63) is 11.8 Å². The Hall–Kier alpha value is -0.500. The van der Waals surface area contributed by atoms with E-state index in [1.54, 1.807) is 0 Å². The normalized spacial score (nSPS) is 29.7. The van der Waals surface area contributed by atoms with Crippen molar-refractivity contribution in [2.45, 2.75) is 64.7 Å². The van der Waals surface area contributed by atoms with Crippen molar-refractivity contribution in [1.82, 2.24) is 0 Å². The minimum absolute atomic E-state index is 0.328. The van der Waals surface area contributed by atoms with Gasteiger partial charge in [-0.25, -0.2) is 0 Å². The third-order valence-electron chi connectivity index (χ3n) is 4.34. The third kappa shape index (κ3) is 4.64. The van der Waals surface area contributed by atoms with Gasteiger partial charge in [0.15, 0.2) is 0 Å². The average molecular weight is 252 g/mol. The monoisotopic (exact) mass is 252 g/mol. The highest BCUT2D eigenvalue weighted by Gasteiger charge is 2.25. The van der Waals surface area contributed by atoms with Crippen LogP contribution in [-0.2, 0) is 9.47 Å². The van der Waals surface area contributed by atoms with E-state index in [-0.39, 0.29) is 0 Å². The lowest BCUT2D eigenvalue weighted by Crippen LogP contribution is -2.26. The zero-order chi connectivity index (χ0) is 12.7. The third-order valence-corrected chi connectivity index (χ3v) is 4.34. The summed E-state index contributed by atoms with van der Waals surface area (Å²) in [6.45, 7) is 5.06. The molecule has 0 aromatic carbocycles. The van der Waals surface area contributed by atoms with Crippen LogP contribution in [0.1, 0.15) is 64.7 Å². The highest BCUT2D eigenvalue weighted by Crippen LogP contribution is 2.31. The van der Waals surface area contributed by atoms with Crippen molar-refractivity contribution >= 4 is 0 Å². The summed E-state index contributed by atoms with van der Waals surface area (Å²) in [7, 11) is 0. The molecule has 1 unspecified atom stereocenters. The molecule has 0 N–H and O–H groups in total. The SMILES string of the molecule is CC1(CCOC=C2CCCC2)CCCCCOC1. The van der Waals surface area contributed by atoms with E-state index < -0.39 is 0 Å². The molecule has 2 nitrogen and oxygen atoms in total. The van der Waals surface area contributed by atoms with Gasteiger partial charge in [0.25, 0.3) is 0 Å². The second kappa shape index (κ2) is 7.18. The highest BCUT2D eigenvalue weighted by molar-refractivity contribution is 5.02. The predicted octanol–water partition coefficient (Wildman–Crippen LogP) is 4.45. The van der Waals surface area contributed by atoms with Gasteiger partial charge in [-0.05, 0) is 55.9 Å². The standard InChI is InChI=1S/C16H28O2/c1-16(9-5-2-6-11-18-14-16)10-12-17-13-15-7-3-4-8-15/h13H,2-12,14H2,1H3. The Morgan fingerprint density at radius 3 is 2.83 bits per heavy atom. The number of rotatable bonds is 4. The fourth-order valence-corrected chi connectivity index (χ4v) is 2.95. The number of hydrogen-bond donors (Lipinski definition) is 0. The molecule has 0 amide bonds. The summed E-state index contributed by atoms with van der Waals surface area (Å²) in [6, 6.07) is 0. The quantitative estimate of drug-likeness (QED) is 0.543. The van der Waals surface area contributed by atoms with Gasteiger partial charge in [0, 0.05) is 6.61 Å². The second-order valence-corrected chi connectivity index (χ2v) is 6.28. The second-order valence-electron chi connectivity index (χ2n) is 6.28. The lowest BCUT2D eigenvalue weighted by molar-refractivity contribution is 0.0172. The Kier molecular flexibility index (Phi) is 5.55. The van der Waals surface area contributed by atoms with Crippen LogP contribution in [0.3, 0.4) is 0 Å². The van der Waals surface area contributed by atoms with Crippen LogP contribution in [0.5, 0.6) is 0 Å². The van der Waals surface area contributed by atoms with Crippen LogP contribution in [0.4, 0.5) is 0 Å². The molecule has 18 heavy (non-hydrogen) atoms. The molecule has 0 radical (unpaired) electrons. The molecule has 1 saturated carbocycles. The van der Waals surface area contributed by atoms with Gasteiger partial charge in [0.1, 0.15) is 0 Å². The van der Waals surface area contributed by atoms with Gasteiger partial charge in [-0.1, -0.05) is 19.8 Å². The minimum atomic E-state index is 0.328. The summed E-state index contributed by atoms with van der Waals surface area (Å²) < 4.78 is 11.5. The number of allylic oxidation sites excluding steroid dienone is 1. The van der Waals surface area contributed by atoms with Crippen LogP contribution in [0.15, 0.2) is 11.8 Å². The molecule has 2 rings (SSSR count). The van der Waals surface area contributed by atoms with Crippen molar-refractivity contribution < 1.29 is 9.47 Å². The smallest absolute Gasteiger partial charge is 0.0879 e. The first-order valence-electron chi connectivity index (χ1n) is 7.66. The Morgan fingerprint density at radius 1 is 1.17 bits per heavy atom. The summed E-state index contributed by atoms with van der Waals surface area (Å²) in [4.78, 5) is 0. The van der Waals surface area contributed by atoms with Gasteiger partial charge < -0.3 is 9.47 Å². The van der Waals surface area contributed by atoms with Crippen LogP contribution < -0.4 is 0 Å². The fourth-order valence-electron chi connectivity index (χ4n) is 2.95. The molecule has 104 valence electrons. The first kappa shape index (κ1) is 13.9. The van der Waals surface area contributed by atoms with Crippen LogP contribution in [0.25, 0.3) is 0 Å². The Labute approximate surface area is 112 Å². The van der Waals surface area contributed by atoms with Gasteiger partial charge in [-0.3, -0.25) is 0 Å². The maximum Gasteiger partial charge on any atom is 0.0879 e. The molecule has 0 aromatic rings. The summed E-state index contributed by atoms with van der Waals surface area (Å²) in [5.41, 5.74) is 1.84. The Morgan fingerprint density at radius 2 is 2.00 bits per heavy atom. The van der Waals surface area contributed by atoms with Crippen molar-refractivity contribution in [1.29, 1.82) is 0 Å². The van der Waals surface area contributed by atoms with Crippen molar-refractivity contribution in [3.63, 3.8) is 0 Å². The zero-order valence-electron chi connectivity index (χ0n) is 11.9. The van der Waals surface area contributed by atoms with Gasteiger partial charge >= 0.3 is 0 Å². The van der Waals surface area contributed by atoms with Crippen molar-refractivity contribution in [2.75, 3.05) is 19.8 Å². The topological polar surface area (TPSA) is 18.5 Å². The highest BCUT2D eigenvalue weighted by atomic mass is 16.5. The van der Waals surface area contributed by atoms with Crippen molar-refractivity contribution in [2.24, 2.45) is 5.41 Å². The van der Waals surface area contributed by atoms with E-state index in [0.717, 1.165) is 26.2 Å². The van der Waals surface area contributed by atoms with Gasteiger partial charge in [0.05, 0.1) is 19.5 Å². The Balaban J connectivity index is 1.68. The fraction of sp³-hybridized carbons (Fsp3) is 0.875. The maximum atomic E-state index is 5.75. The largest absolute Gasteiger partial charge is 0.501 e. The molecule has 0 spiro atoms. The molecule has 0 aromatic heterocycles. The molecule has 1 saturated heterocycles. The summed E-state index contributed by atoms with van der Waals surface area (Å²) >= 11 is 0. The molecular weight excluding hydrogens is 224 g/mol. The average Bonchev–Trinajstić information content (AvgIpc) is 2.83. The summed E-state index contributed by atoms with van der Waals surface area (Å²) in [5.74, 6) is 0. The predicted molar refractivity (Wildman–Crippen MR) is 74.5 cm³/mol. The van der Waals surface area contributed by atoms with Gasteiger partial charge in [-0.15, -0.1) is 0 Å². The summed E-state index contributed by atoms with van der Waals surface area (Å²) in [5, 5.41) is 0. The number of ether oxygens (including phenoxy) is 2. The van der Waals surface area contributed by atoms with Crippen molar-refractivity contribution in [3.8, 4) is 0 Å². The van der Waals surface area contributed by atoms with Crippen LogP contribution in [0, 0.1) is 5.41 Å². The molecule has 1 atom stereocenters. The molecule has 1 heterocycles. The number of hydrogen-bond acceptors (Lipinski definition) is 2. The van der Waals surface area contributed by atoms with Gasteiger partial charge in [0.2, 0.25) is 0 Å². The first-order valence-corrected chi connectivity index (χ1v) is 7.66. The van der Waals surface area contributed by atoms with Crippen LogP contribution >= 0.6 is 0 Å². The molecule has 2 aliphatic rings. The van der Waals surface area contributed by atoms with E-state index in [1.807, 2.05) is 6.26 Å². The molecule has 1 aliphatic heterocycles. The molecule has 1 aliphatic carbocycles. The lowest BCUT2D eigenvalue weighted by atomic mass is 9.82. The van der Waals surface area contributed by atoms with E-state index in [0.29, 0.717) is 5.41 Å². The molecule has 2 fully saturated rings. The van der Waals surface area contributed by atoms with E-state index in [1.165, 1.54) is 56.9 Å². The maximum absolute atomic E-state index is 5.75. The first-order chi connectivity index (χ1) is 8.79. The summed E-state index contributed by atoms with van der Waals surface area (Å²) in [6.07, 6.45) is 13.5. The van der Waals surface area contributed by atoms with E-state index in [4.69, 9.17) is 9.47 Å². The van der Waals surface area contributed by atoms with E-state index in [2.05, 4.69) is 6.92 Å². The lowest BCUT2D eigenvalue weighted by Gasteiger charge is -2.31. The molecule has 0 bridgehead atoms. The van der Waals surface area contributed by atoms with Crippen LogP contribution in [-0.4, -0.2) is 19.8 Å². The van der Waals surface area contributed by atoms with E-state index >= 15 is 0 Å². The van der Waals surface area contributed by atoms with Crippen LogP contribution in [0.2, 0.25) is 0 Å². The minimum Gasteiger partial charge on any atom is -0.501 e.